The number of hydrogen-bond donors (Lipinski definition) is 0. The van der Waals surface area contributed by atoms with Crippen molar-refractivity contribution in [2.24, 2.45) is 7.05 Å². The molecule has 4 heteroatoms. The predicted octanol–water partition coefficient (Wildman–Crippen LogP) is 3.65. The van der Waals surface area contributed by atoms with Crippen molar-refractivity contribution >= 4 is 22.1 Å². The van der Waals surface area contributed by atoms with Crippen LogP contribution in [0.1, 0.15) is 11.1 Å². The maximum absolute atomic E-state index is 9.10. The molecule has 0 aliphatic heterocycles. The molecular weight excluding hydrogens is 286 g/mol. The molecule has 0 amide bonds. The minimum absolute atomic E-state index is 0.535. The summed E-state index contributed by atoms with van der Waals surface area (Å²) in [4.78, 5) is 4.24. The van der Waals surface area contributed by atoms with E-state index in [1.807, 2.05) is 37.5 Å². The molecule has 4 aromatic rings. The van der Waals surface area contributed by atoms with E-state index < -0.39 is 0 Å². The second-order valence-electron chi connectivity index (χ2n) is 5.65. The van der Waals surface area contributed by atoms with E-state index in [9.17, 15) is 0 Å². The van der Waals surface area contributed by atoms with Crippen LogP contribution < -0.4 is 4.57 Å². The standard InChI is InChI=1S/C19H14N3O/c1-12-7-18-15(9-14(12)17-5-3-4-6-22(17)2)16-8-13(10-20)11-21-19(16)23-18/h3-9,11H,1-2H3/q+1. The first-order valence-electron chi connectivity index (χ1n) is 7.35. The number of furan rings is 1. The number of benzene rings is 1. The molecular formula is C19H14N3O+. The lowest BCUT2D eigenvalue weighted by Gasteiger charge is -2.04. The molecule has 0 saturated heterocycles. The molecule has 0 radical (unpaired) electrons. The summed E-state index contributed by atoms with van der Waals surface area (Å²) in [6.45, 7) is 2.07. The van der Waals surface area contributed by atoms with Gasteiger partial charge in [-0.1, -0.05) is 0 Å². The van der Waals surface area contributed by atoms with Crippen molar-refractivity contribution < 1.29 is 8.98 Å². The van der Waals surface area contributed by atoms with Gasteiger partial charge >= 0.3 is 0 Å². The van der Waals surface area contributed by atoms with E-state index in [1.165, 1.54) is 6.20 Å². The molecule has 0 saturated carbocycles. The highest BCUT2D eigenvalue weighted by Gasteiger charge is 2.16. The summed E-state index contributed by atoms with van der Waals surface area (Å²) in [6, 6.07) is 14.2. The highest BCUT2D eigenvalue weighted by molar-refractivity contribution is 6.05. The van der Waals surface area contributed by atoms with Crippen LogP contribution in [0, 0.1) is 18.3 Å². The topological polar surface area (TPSA) is 53.7 Å². The second kappa shape index (κ2) is 4.92. The lowest BCUT2D eigenvalue weighted by Crippen LogP contribution is -2.30. The van der Waals surface area contributed by atoms with Crippen LogP contribution in [0.25, 0.3) is 33.3 Å². The van der Waals surface area contributed by atoms with E-state index in [2.05, 4.69) is 34.7 Å². The fourth-order valence-electron chi connectivity index (χ4n) is 2.95. The zero-order valence-corrected chi connectivity index (χ0v) is 12.9. The van der Waals surface area contributed by atoms with Crippen LogP contribution >= 0.6 is 0 Å². The summed E-state index contributed by atoms with van der Waals surface area (Å²) in [6.07, 6.45) is 3.57. The summed E-state index contributed by atoms with van der Waals surface area (Å²) in [7, 11) is 2.03. The van der Waals surface area contributed by atoms with Crippen molar-refractivity contribution in [2.75, 3.05) is 0 Å². The quantitative estimate of drug-likeness (QED) is 0.504. The van der Waals surface area contributed by atoms with Crippen LogP contribution in [0.2, 0.25) is 0 Å². The van der Waals surface area contributed by atoms with E-state index in [0.29, 0.717) is 11.3 Å². The zero-order chi connectivity index (χ0) is 16.0. The Morgan fingerprint density at radius 1 is 1.17 bits per heavy atom. The Morgan fingerprint density at radius 2 is 2.04 bits per heavy atom. The van der Waals surface area contributed by atoms with Crippen molar-refractivity contribution in [1.82, 2.24) is 4.98 Å². The van der Waals surface area contributed by atoms with Gasteiger partial charge < -0.3 is 4.42 Å². The van der Waals surface area contributed by atoms with E-state index in [4.69, 9.17) is 9.68 Å². The third-order valence-electron chi connectivity index (χ3n) is 4.13. The van der Waals surface area contributed by atoms with E-state index in [0.717, 1.165) is 33.2 Å². The average Bonchev–Trinajstić information content (AvgIpc) is 2.91. The SMILES string of the molecule is Cc1cc2oc3ncc(C#N)cc3c2cc1-c1cccc[n+]1C. The van der Waals surface area contributed by atoms with Gasteiger partial charge in [-0.15, -0.1) is 0 Å². The Labute approximate surface area is 133 Å². The zero-order valence-electron chi connectivity index (χ0n) is 12.9. The molecule has 4 rings (SSSR count). The Balaban J connectivity index is 2.07. The molecule has 0 atom stereocenters. The van der Waals surface area contributed by atoms with Gasteiger partial charge in [0, 0.05) is 34.7 Å². The van der Waals surface area contributed by atoms with Crippen molar-refractivity contribution in [3.63, 3.8) is 0 Å². The molecule has 23 heavy (non-hydrogen) atoms. The second-order valence-corrected chi connectivity index (χ2v) is 5.65. The number of aryl methyl sites for hydroxylation is 2. The van der Waals surface area contributed by atoms with Crippen LogP contribution in [-0.4, -0.2) is 4.98 Å². The molecule has 0 bridgehead atoms. The van der Waals surface area contributed by atoms with Crippen molar-refractivity contribution in [2.45, 2.75) is 6.92 Å². The molecule has 0 unspecified atom stereocenters. The maximum atomic E-state index is 9.10. The Bertz CT molecular complexity index is 1100. The largest absolute Gasteiger partial charge is 0.438 e. The van der Waals surface area contributed by atoms with Gasteiger partial charge in [-0.25, -0.2) is 9.55 Å². The van der Waals surface area contributed by atoms with Gasteiger partial charge in [-0.3, -0.25) is 0 Å². The minimum atomic E-state index is 0.535. The van der Waals surface area contributed by atoms with Crippen LogP contribution in [0.4, 0.5) is 0 Å². The van der Waals surface area contributed by atoms with Crippen molar-refractivity contribution in [1.29, 1.82) is 5.26 Å². The fraction of sp³-hybridized carbons (Fsp3) is 0.105. The van der Waals surface area contributed by atoms with Gasteiger partial charge in [0.05, 0.1) is 5.56 Å². The molecule has 0 N–H and O–H groups in total. The van der Waals surface area contributed by atoms with Crippen LogP contribution in [-0.2, 0) is 7.05 Å². The molecule has 1 aromatic carbocycles. The summed E-state index contributed by atoms with van der Waals surface area (Å²) in [5, 5.41) is 11.0. The molecule has 0 aliphatic carbocycles. The normalized spacial score (nSPS) is 11.0. The molecule has 0 fully saturated rings. The number of nitriles is 1. The number of pyridine rings is 2. The van der Waals surface area contributed by atoms with Crippen molar-refractivity contribution in [3.05, 3.63) is 59.9 Å². The van der Waals surface area contributed by atoms with Gasteiger partial charge in [0.15, 0.2) is 6.20 Å². The minimum Gasteiger partial charge on any atom is -0.438 e. The first kappa shape index (κ1) is 13.5. The fourth-order valence-corrected chi connectivity index (χ4v) is 2.95. The summed E-state index contributed by atoms with van der Waals surface area (Å²) < 4.78 is 7.92. The number of nitrogens with zero attached hydrogens (tertiary/aromatic N) is 3. The summed E-state index contributed by atoms with van der Waals surface area (Å²) >= 11 is 0. The highest BCUT2D eigenvalue weighted by Crippen LogP contribution is 2.33. The summed E-state index contributed by atoms with van der Waals surface area (Å²) in [5.41, 5.74) is 5.30. The molecule has 0 aliphatic rings. The third kappa shape index (κ3) is 2.06. The average molecular weight is 300 g/mol. The Kier molecular flexibility index (Phi) is 2.88. The van der Waals surface area contributed by atoms with E-state index in [1.54, 1.807) is 0 Å². The number of fused-ring (bicyclic) bond motifs is 3. The molecule has 4 nitrogen and oxygen atoms in total. The van der Waals surface area contributed by atoms with Gasteiger partial charge in [-0.2, -0.15) is 5.26 Å². The predicted molar refractivity (Wildman–Crippen MR) is 87.6 cm³/mol. The van der Waals surface area contributed by atoms with E-state index in [-0.39, 0.29) is 0 Å². The van der Waals surface area contributed by atoms with Gasteiger partial charge in [0.1, 0.15) is 18.7 Å². The molecule has 3 aromatic heterocycles. The number of aromatic nitrogens is 2. The van der Waals surface area contributed by atoms with Crippen LogP contribution in [0.3, 0.4) is 0 Å². The molecule has 110 valence electrons. The number of rotatable bonds is 1. The Hall–Kier alpha value is -3.19. The van der Waals surface area contributed by atoms with Crippen molar-refractivity contribution in [3.8, 4) is 17.3 Å². The van der Waals surface area contributed by atoms with Gasteiger partial charge in [0.25, 0.3) is 0 Å². The molecule has 0 spiro atoms. The van der Waals surface area contributed by atoms with Crippen LogP contribution in [0.15, 0.2) is 53.2 Å². The highest BCUT2D eigenvalue weighted by atomic mass is 16.3. The van der Waals surface area contributed by atoms with Gasteiger partial charge in [0.2, 0.25) is 11.4 Å². The maximum Gasteiger partial charge on any atom is 0.227 e. The first-order valence-corrected chi connectivity index (χ1v) is 7.35. The van der Waals surface area contributed by atoms with Gasteiger partial charge in [-0.05, 0) is 36.8 Å². The monoisotopic (exact) mass is 300 g/mol. The van der Waals surface area contributed by atoms with Crippen LogP contribution in [0.5, 0.6) is 0 Å². The lowest BCUT2D eigenvalue weighted by atomic mass is 10.0. The first-order chi connectivity index (χ1) is 11.2. The smallest absolute Gasteiger partial charge is 0.227 e. The third-order valence-corrected chi connectivity index (χ3v) is 4.13. The summed E-state index contributed by atoms with van der Waals surface area (Å²) in [5.74, 6) is 0. The Morgan fingerprint density at radius 3 is 2.83 bits per heavy atom. The molecule has 3 heterocycles. The lowest BCUT2D eigenvalue weighted by molar-refractivity contribution is -0.660. The number of hydrogen-bond acceptors (Lipinski definition) is 3. The van der Waals surface area contributed by atoms with E-state index >= 15 is 0 Å².